The summed E-state index contributed by atoms with van der Waals surface area (Å²) in [5, 5.41) is 9.99. The lowest BCUT2D eigenvalue weighted by atomic mass is 9.95. The maximum Gasteiger partial charge on any atom is 0.234 e. The number of rotatable bonds is 5. The molecule has 3 rings (SSSR count). The predicted octanol–water partition coefficient (Wildman–Crippen LogP) is 1.30. The molecule has 0 bridgehead atoms. The van der Waals surface area contributed by atoms with Gasteiger partial charge < -0.3 is 5.32 Å². The van der Waals surface area contributed by atoms with Crippen LogP contribution < -0.4 is 5.32 Å². The zero-order valence-electron chi connectivity index (χ0n) is 12.5. The van der Waals surface area contributed by atoms with Crippen LogP contribution in [0, 0.1) is 0 Å². The molecule has 3 heterocycles. The summed E-state index contributed by atoms with van der Waals surface area (Å²) in [5.74, 6) is 0.496. The van der Waals surface area contributed by atoms with E-state index in [1.807, 2.05) is 24.3 Å². The van der Waals surface area contributed by atoms with Crippen LogP contribution in [-0.4, -0.2) is 45.6 Å². The highest BCUT2D eigenvalue weighted by atomic mass is 16.2. The van der Waals surface area contributed by atoms with E-state index in [0.717, 1.165) is 31.6 Å². The third-order valence-electron chi connectivity index (χ3n) is 4.03. The van der Waals surface area contributed by atoms with Crippen molar-refractivity contribution >= 4 is 5.91 Å². The zero-order chi connectivity index (χ0) is 15.2. The molecule has 0 saturated carbocycles. The van der Waals surface area contributed by atoms with Gasteiger partial charge in [0.15, 0.2) is 0 Å². The maximum atomic E-state index is 12.1. The minimum Gasteiger partial charge on any atom is -0.349 e. The summed E-state index contributed by atoms with van der Waals surface area (Å²) >= 11 is 0. The van der Waals surface area contributed by atoms with Crippen LogP contribution in [0.15, 0.2) is 36.7 Å². The molecule has 1 fully saturated rings. The quantitative estimate of drug-likeness (QED) is 0.873. The number of amides is 1. The molecule has 0 aliphatic carbocycles. The van der Waals surface area contributed by atoms with Crippen molar-refractivity contribution < 1.29 is 4.79 Å². The van der Waals surface area contributed by atoms with Crippen LogP contribution in [-0.2, 0) is 11.3 Å². The fraction of sp³-hybridized carbons (Fsp3) is 0.438. The number of H-pyrrole nitrogens is 1. The van der Waals surface area contributed by atoms with Crippen LogP contribution in [0.4, 0.5) is 0 Å². The molecular weight excluding hydrogens is 278 g/mol. The normalized spacial score (nSPS) is 19.0. The fourth-order valence-corrected chi connectivity index (χ4v) is 2.90. The van der Waals surface area contributed by atoms with Crippen molar-refractivity contribution in [2.75, 3.05) is 19.6 Å². The van der Waals surface area contributed by atoms with Gasteiger partial charge in [0.2, 0.25) is 5.91 Å². The first-order valence-electron chi connectivity index (χ1n) is 7.69. The molecular formula is C16H21N5O. The van der Waals surface area contributed by atoms with E-state index in [4.69, 9.17) is 0 Å². The Labute approximate surface area is 129 Å². The number of hydrogen-bond donors (Lipinski definition) is 2. The molecule has 0 aromatic carbocycles. The molecule has 6 nitrogen and oxygen atoms in total. The molecule has 2 aromatic heterocycles. The van der Waals surface area contributed by atoms with Crippen LogP contribution in [0.5, 0.6) is 0 Å². The second kappa shape index (κ2) is 7.17. The molecule has 0 spiro atoms. The number of hydrogen-bond acceptors (Lipinski definition) is 4. The summed E-state index contributed by atoms with van der Waals surface area (Å²) in [6.07, 6.45) is 5.78. The van der Waals surface area contributed by atoms with E-state index in [9.17, 15) is 4.79 Å². The Morgan fingerprint density at radius 3 is 3.09 bits per heavy atom. The highest BCUT2D eigenvalue weighted by Gasteiger charge is 2.23. The number of piperidine rings is 1. The highest BCUT2D eigenvalue weighted by molar-refractivity contribution is 5.77. The number of likely N-dealkylation sites (tertiary alicyclic amines) is 1. The van der Waals surface area contributed by atoms with E-state index in [2.05, 4.69) is 25.4 Å². The summed E-state index contributed by atoms with van der Waals surface area (Å²) in [5.41, 5.74) is 2.04. The molecule has 1 aliphatic heterocycles. The highest BCUT2D eigenvalue weighted by Crippen LogP contribution is 2.24. The topological polar surface area (TPSA) is 73.9 Å². The standard InChI is InChI=1S/C16H21N5O/c22-16(18-10-14-5-1-2-7-17-14)12-21-9-3-4-13(11-21)15-6-8-19-20-15/h1-2,5-8,13H,3-4,9-12H2,(H,18,22)(H,19,20). The largest absolute Gasteiger partial charge is 0.349 e. The summed E-state index contributed by atoms with van der Waals surface area (Å²) in [4.78, 5) is 18.5. The average molecular weight is 299 g/mol. The molecule has 6 heteroatoms. The van der Waals surface area contributed by atoms with Crippen LogP contribution in [0.1, 0.15) is 30.1 Å². The van der Waals surface area contributed by atoms with Gasteiger partial charge in [-0.3, -0.25) is 19.8 Å². The molecule has 1 unspecified atom stereocenters. The summed E-state index contributed by atoms with van der Waals surface area (Å²) in [7, 11) is 0. The van der Waals surface area contributed by atoms with E-state index in [1.165, 1.54) is 5.69 Å². The van der Waals surface area contributed by atoms with Crippen LogP contribution in [0.3, 0.4) is 0 Å². The number of aromatic nitrogens is 3. The Kier molecular flexibility index (Phi) is 4.80. The van der Waals surface area contributed by atoms with Gasteiger partial charge in [-0.1, -0.05) is 6.07 Å². The smallest absolute Gasteiger partial charge is 0.234 e. The van der Waals surface area contributed by atoms with Gasteiger partial charge in [0, 0.05) is 30.6 Å². The van der Waals surface area contributed by atoms with Crippen molar-refractivity contribution in [2.24, 2.45) is 0 Å². The second-order valence-electron chi connectivity index (χ2n) is 5.68. The number of nitrogens with zero attached hydrogens (tertiary/aromatic N) is 3. The van der Waals surface area contributed by atoms with Crippen molar-refractivity contribution in [3.8, 4) is 0 Å². The van der Waals surface area contributed by atoms with E-state index < -0.39 is 0 Å². The van der Waals surface area contributed by atoms with Gasteiger partial charge in [0.05, 0.1) is 18.8 Å². The second-order valence-corrected chi connectivity index (χ2v) is 5.68. The van der Waals surface area contributed by atoms with Crippen molar-refractivity contribution in [3.63, 3.8) is 0 Å². The third kappa shape index (κ3) is 3.92. The minimum absolute atomic E-state index is 0.0518. The van der Waals surface area contributed by atoms with E-state index in [1.54, 1.807) is 12.4 Å². The van der Waals surface area contributed by atoms with Crippen LogP contribution >= 0.6 is 0 Å². The Morgan fingerprint density at radius 1 is 1.36 bits per heavy atom. The van der Waals surface area contributed by atoms with Gasteiger partial charge in [-0.05, 0) is 37.6 Å². The first-order valence-corrected chi connectivity index (χ1v) is 7.69. The van der Waals surface area contributed by atoms with Crippen molar-refractivity contribution in [2.45, 2.75) is 25.3 Å². The predicted molar refractivity (Wildman–Crippen MR) is 83.1 cm³/mol. The molecule has 22 heavy (non-hydrogen) atoms. The lowest BCUT2D eigenvalue weighted by molar-refractivity contribution is -0.122. The number of aromatic amines is 1. The number of nitrogens with one attached hydrogen (secondary N) is 2. The van der Waals surface area contributed by atoms with E-state index in [0.29, 0.717) is 19.0 Å². The molecule has 116 valence electrons. The first kappa shape index (κ1) is 14.7. The first-order chi connectivity index (χ1) is 10.8. The van der Waals surface area contributed by atoms with Crippen molar-refractivity contribution in [1.82, 2.24) is 25.4 Å². The van der Waals surface area contributed by atoms with Gasteiger partial charge in [-0.2, -0.15) is 5.10 Å². The molecule has 2 N–H and O–H groups in total. The molecule has 1 atom stereocenters. The lowest BCUT2D eigenvalue weighted by Gasteiger charge is -2.31. The molecule has 1 aliphatic rings. The van der Waals surface area contributed by atoms with E-state index in [-0.39, 0.29) is 5.91 Å². The number of carbonyl (C=O) groups is 1. The monoisotopic (exact) mass is 299 g/mol. The number of pyridine rings is 1. The maximum absolute atomic E-state index is 12.1. The zero-order valence-corrected chi connectivity index (χ0v) is 12.5. The fourth-order valence-electron chi connectivity index (χ4n) is 2.90. The summed E-state index contributed by atoms with van der Waals surface area (Å²) < 4.78 is 0. The Bertz CT molecular complexity index is 584. The molecule has 0 radical (unpaired) electrons. The van der Waals surface area contributed by atoms with Crippen molar-refractivity contribution in [1.29, 1.82) is 0 Å². The summed E-state index contributed by atoms with van der Waals surface area (Å²) in [6.45, 7) is 2.80. The average Bonchev–Trinajstić information content (AvgIpc) is 3.09. The van der Waals surface area contributed by atoms with Gasteiger partial charge in [0.25, 0.3) is 0 Å². The SMILES string of the molecule is O=C(CN1CCCC(c2ccn[nH]2)C1)NCc1ccccn1. The lowest BCUT2D eigenvalue weighted by Crippen LogP contribution is -2.41. The van der Waals surface area contributed by atoms with Crippen LogP contribution in [0.2, 0.25) is 0 Å². The summed E-state index contributed by atoms with van der Waals surface area (Å²) in [6, 6.07) is 7.73. The van der Waals surface area contributed by atoms with Crippen molar-refractivity contribution in [3.05, 3.63) is 48.0 Å². The Morgan fingerprint density at radius 2 is 2.32 bits per heavy atom. The van der Waals surface area contributed by atoms with Gasteiger partial charge in [0.1, 0.15) is 0 Å². The number of carbonyl (C=O) groups excluding carboxylic acids is 1. The van der Waals surface area contributed by atoms with E-state index >= 15 is 0 Å². The van der Waals surface area contributed by atoms with Gasteiger partial charge in [-0.15, -0.1) is 0 Å². The van der Waals surface area contributed by atoms with Gasteiger partial charge >= 0.3 is 0 Å². The third-order valence-corrected chi connectivity index (χ3v) is 4.03. The van der Waals surface area contributed by atoms with Crippen LogP contribution in [0.25, 0.3) is 0 Å². The Balaban J connectivity index is 1.47. The van der Waals surface area contributed by atoms with Gasteiger partial charge in [-0.25, -0.2) is 0 Å². The Hall–Kier alpha value is -2.21. The molecule has 2 aromatic rings. The minimum atomic E-state index is 0.0518. The molecule has 1 amide bonds. The molecule has 1 saturated heterocycles.